The third-order valence-electron chi connectivity index (χ3n) is 3.69. The van der Waals surface area contributed by atoms with Gasteiger partial charge >= 0.3 is 5.97 Å². The van der Waals surface area contributed by atoms with Gasteiger partial charge in [-0.25, -0.2) is 9.78 Å². The van der Waals surface area contributed by atoms with E-state index in [9.17, 15) is 14.7 Å². The number of benzene rings is 1. The van der Waals surface area contributed by atoms with E-state index < -0.39 is 17.4 Å². The van der Waals surface area contributed by atoms with Crippen molar-refractivity contribution < 1.29 is 19.1 Å². The highest BCUT2D eigenvalue weighted by molar-refractivity contribution is 5.97. The Bertz CT molecular complexity index is 704. The molecule has 1 heterocycles. The second kappa shape index (κ2) is 5.63. The van der Waals surface area contributed by atoms with Gasteiger partial charge in [0.05, 0.1) is 0 Å². The van der Waals surface area contributed by atoms with Crippen LogP contribution in [0.15, 0.2) is 34.7 Å². The van der Waals surface area contributed by atoms with Crippen LogP contribution in [-0.2, 0) is 4.79 Å². The summed E-state index contributed by atoms with van der Waals surface area (Å²) in [6.07, 6.45) is 0. The lowest BCUT2D eigenvalue weighted by atomic mass is 10.0. The lowest BCUT2D eigenvalue weighted by Crippen LogP contribution is -2.51. The average molecular weight is 302 g/mol. The molecule has 0 unspecified atom stereocenters. The van der Waals surface area contributed by atoms with Crippen molar-refractivity contribution in [1.82, 2.24) is 9.88 Å². The molecule has 1 N–H and O–H groups in total. The summed E-state index contributed by atoms with van der Waals surface area (Å²) in [6, 6.07) is 9.20. The molecule has 2 rings (SSSR count). The maximum absolute atomic E-state index is 12.5. The number of carbonyl (C=O) groups is 2. The molecule has 0 aliphatic carbocycles. The molecule has 0 aliphatic rings. The molecular weight excluding hydrogens is 284 g/mol. The van der Waals surface area contributed by atoms with Crippen LogP contribution in [-0.4, -0.2) is 39.5 Å². The van der Waals surface area contributed by atoms with E-state index in [4.69, 9.17) is 4.42 Å². The number of carboxylic acid groups (broad SMARTS) is 1. The number of rotatable bonds is 4. The van der Waals surface area contributed by atoms with Crippen molar-refractivity contribution in [2.75, 3.05) is 7.05 Å². The van der Waals surface area contributed by atoms with Crippen molar-refractivity contribution in [1.29, 1.82) is 0 Å². The fraction of sp³-hybridized carbons (Fsp3) is 0.312. The van der Waals surface area contributed by atoms with Crippen molar-refractivity contribution in [2.45, 2.75) is 26.3 Å². The van der Waals surface area contributed by atoms with Gasteiger partial charge in [-0.15, -0.1) is 0 Å². The van der Waals surface area contributed by atoms with Gasteiger partial charge in [-0.3, -0.25) is 4.79 Å². The first-order valence-electron chi connectivity index (χ1n) is 6.79. The molecule has 0 saturated carbocycles. The number of carboxylic acids is 1. The summed E-state index contributed by atoms with van der Waals surface area (Å²) in [4.78, 5) is 29.1. The third-order valence-corrected chi connectivity index (χ3v) is 3.69. The zero-order valence-electron chi connectivity index (χ0n) is 13.0. The zero-order valence-corrected chi connectivity index (χ0v) is 13.0. The zero-order chi connectivity index (χ0) is 16.5. The Kier molecular flexibility index (Phi) is 4.03. The highest BCUT2D eigenvalue weighted by Gasteiger charge is 2.37. The topological polar surface area (TPSA) is 83.6 Å². The van der Waals surface area contributed by atoms with Crippen molar-refractivity contribution in [3.8, 4) is 11.5 Å². The first-order chi connectivity index (χ1) is 10.2. The first kappa shape index (κ1) is 15.8. The van der Waals surface area contributed by atoms with Gasteiger partial charge in [0.15, 0.2) is 5.69 Å². The largest absolute Gasteiger partial charge is 0.480 e. The molecule has 116 valence electrons. The van der Waals surface area contributed by atoms with Crippen LogP contribution >= 0.6 is 0 Å². The molecule has 0 spiro atoms. The monoisotopic (exact) mass is 302 g/mol. The quantitative estimate of drug-likeness (QED) is 0.938. The van der Waals surface area contributed by atoms with Crippen LogP contribution in [0.2, 0.25) is 0 Å². The molecular formula is C16H18N2O4. The number of aliphatic carboxylic acids is 1. The van der Waals surface area contributed by atoms with Gasteiger partial charge in [-0.1, -0.05) is 18.2 Å². The standard InChI is InChI=1S/C16H18N2O4/c1-10-12(14(19)18(4)16(2,3)15(20)21)17-13(22-10)11-8-6-5-7-9-11/h5-9H,1-4H3,(H,20,21). The van der Waals surface area contributed by atoms with Crippen LogP contribution in [0, 0.1) is 6.92 Å². The molecule has 0 saturated heterocycles. The molecule has 22 heavy (non-hydrogen) atoms. The minimum Gasteiger partial charge on any atom is -0.480 e. The summed E-state index contributed by atoms with van der Waals surface area (Å²) in [7, 11) is 1.44. The van der Waals surface area contributed by atoms with Crippen molar-refractivity contribution >= 4 is 11.9 Å². The Morgan fingerprint density at radius 3 is 2.36 bits per heavy atom. The highest BCUT2D eigenvalue weighted by atomic mass is 16.4. The van der Waals surface area contributed by atoms with Gasteiger partial charge in [0.1, 0.15) is 11.3 Å². The van der Waals surface area contributed by atoms with Crippen LogP contribution in [0.3, 0.4) is 0 Å². The number of likely N-dealkylation sites (N-methyl/N-ethyl adjacent to an activating group) is 1. The van der Waals surface area contributed by atoms with Gasteiger partial charge < -0.3 is 14.4 Å². The normalized spacial score (nSPS) is 11.3. The molecule has 0 radical (unpaired) electrons. The molecule has 0 fully saturated rings. The van der Waals surface area contributed by atoms with Crippen LogP contribution in [0.4, 0.5) is 0 Å². The van der Waals surface area contributed by atoms with Gasteiger partial charge in [0, 0.05) is 12.6 Å². The number of oxazole rings is 1. The van der Waals surface area contributed by atoms with E-state index in [1.807, 2.05) is 30.3 Å². The van der Waals surface area contributed by atoms with Crippen LogP contribution in [0.25, 0.3) is 11.5 Å². The molecule has 1 aromatic heterocycles. The summed E-state index contributed by atoms with van der Waals surface area (Å²) < 4.78 is 5.54. The van der Waals surface area contributed by atoms with E-state index in [1.165, 1.54) is 20.9 Å². The van der Waals surface area contributed by atoms with E-state index in [2.05, 4.69) is 4.98 Å². The van der Waals surface area contributed by atoms with E-state index in [1.54, 1.807) is 6.92 Å². The van der Waals surface area contributed by atoms with Crippen LogP contribution in [0.1, 0.15) is 30.1 Å². The maximum Gasteiger partial charge on any atom is 0.329 e. The highest BCUT2D eigenvalue weighted by Crippen LogP contribution is 2.24. The molecule has 1 amide bonds. The molecule has 6 nitrogen and oxygen atoms in total. The minimum absolute atomic E-state index is 0.121. The first-order valence-corrected chi connectivity index (χ1v) is 6.79. The summed E-state index contributed by atoms with van der Waals surface area (Å²) in [6.45, 7) is 4.55. The predicted octanol–water partition coefficient (Wildman–Crippen LogP) is 2.59. The number of amides is 1. The Balaban J connectivity index is 2.36. The van der Waals surface area contributed by atoms with E-state index in [0.717, 1.165) is 10.5 Å². The van der Waals surface area contributed by atoms with E-state index in [-0.39, 0.29) is 5.69 Å². The number of carbonyl (C=O) groups excluding carboxylic acids is 1. The lowest BCUT2D eigenvalue weighted by molar-refractivity contribution is -0.147. The fourth-order valence-corrected chi connectivity index (χ4v) is 1.86. The minimum atomic E-state index is -1.34. The summed E-state index contributed by atoms with van der Waals surface area (Å²) in [5.41, 5.74) is -0.462. The Hall–Kier alpha value is -2.63. The Morgan fingerprint density at radius 1 is 1.23 bits per heavy atom. The SMILES string of the molecule is Cc1oc(-c2ccccc2)nc1C(=O)N(C)C(C)(C)C(=O)O. The molecule has 0 aliphatic heterocycles. The van der Waals surface area contributed by atoms with Gasteiger partial charge in [0.25, 0.3) is 5.91 Å². The number of nitrogens with zero attached hydrogens (tertiary/aromatic N) is 2. The second-order valence-corrected chi connectivity index (χ2v) is 5.52. The van der Waals surface area contributed by atoms with Crippen molar-refractivity contribution in [3.63, 3.8) is 0 Å². The number of aryl methyl sites for hydroxylation is 1. The smallest absolute Gasteiger partial charge is 0.329 e. The van der Waals surface area contributed by atoms with E-state index >= 15 is 0 Å². The molecule has 2 aromatic rings. The summed E-state index contributed by atoms with van der Waals surface area (Å²) >= 11 is 0. The molecule has 0 atom stereocenters. The molecule has 0 bridgehead atoms. The lowest BCUT2D eigenvalue weighted by Gasteiger charge is -2.30. The van der Waals surface area contributed by atoms with Gasteiger partial charge in [-0.05, 0) is 32.9 Å². The number of hydrogen-bond donors (Lipinski definition) is 1. The van der Waals surface area contributed by atoms with Gasteiger partial charge in [-0.2, -0.15) is 0 Å². The molecule has 1 aromatic carbocycles. The Morgan fingerprint density at radius 2 is 1.82 bits per heavy atom. The predicted molar refractivity (Wildman–Crippen MR) is 80.5 cm³/mol. The summed E-state index contributed by atoms with van der Waals surface area (Å²) in [5.74, 6) is -0.886. The van der Waals surface area contributed by atoms with Crippen molar-refractivity contribution in [2.24, 2.45) is 0 Å². The maximum atomic E-state index is 12.5. The fourth-order valence-electron chi connectivity index (χ4n) is 1.86. The van der Waals surface area contributed by atoms with E-state index in [0.29, 0.717) is 11.7 Å². The summed E-state index contributed by atoms with van der Waals surface area (Å²) in [5, 5.41) is 9.22. The third kappa shape index (κ3) is 2.72. The Labute approximate surface area is 128 Å². The van der Waals surface area contributed by atoms with Crippen molar-refractivity contribution in [3.05, 3.63) is 41.8 Å². The van der Waals surface area contributed by atoms with Gasteiger partial charge in [0.2, 0.25) is 5.89 Å². The average Bonchev–Trinajstić information content (AvgIpc) is 2.88. The second-order valence-electron chi connectivity index (χ2n) is 5.52. The van der Waals surface area contributed by atoms with Crippen LogP contribution in [0.5, 0.6) is 0 Å². The molecule has 6 heteroatoms. The number of aromatic nitrogens is 1. The van der Waals surface area contributed by atoms with Crippen LogP contribution < -0.4 is 0 Å². The number of hydrogen-bond acceptors (Lipinski definition) is 4.